The number of carbonyl (C=O) groups is 1. The molecule has 5 heteroatoms. The van der Waals surface area contributed by atoms with Crippen LogP contribution in [-0.2, 0) is 0 Å². The van der Waals surface area contributed by atoms with Crippen molar-refractivity contribution in [1.82, 2.24) is 9.47 Å². The van der Waals surface area contributed by atoms with Gasteiger partial charge in [-0.05, 0) is 32.8 Å². The summed E-state index contributed by atoms with van der Waals surface area (Å²) in [5.41, 5.74) is 7.05. The van der Waals surface area contributed by atoms with Gasteiger partial charge in [0.25, 0.3) is 5.91 Å². The van der Waals surface area contributed by atoms with Crippen LogP contribution in [0, 0.1) is 0 Å². The Kier molecular flexibility index (Phi) is 3.61. The van der Waals surface area contributed by atoms with Crippen LogP contribution < -0.4 is 5.73 Å². The Balaban J connectivity index is 2.26. The highest BCUT2D eigenvalue weighted by Crippen LogP contribution is 2.37. The van der Waals surface area contributed by atoms with Gasteiger partial charge in [-0.25, -0.2) is 0 Å². The van der Waals surface area contributed by atoms with Crippen LogP contribution in [0.25, 0.3) is 0 Å². The Morgan fingerprint density at radius 1 is 1.61 bits per heavy atom. The molecular weight excluding hydrogens is 230 g/mol. The van der Waals surface area contributed by atoms with Crippen LogP contribution in [-0.4, -0.2) is 39.7 Å². The van der Waals surface area contributed by atoms with Crippen LogP contribution in [0.1, 0.15) is 43.2 Å². The number of amides is 1. The SMILES string of the molecule is CC(C)N(CCO)C(=O)c1cc(N)cn1C1CC1. The first kappa shape index (κ1) is 13.0. The fraction of sp³-hybridized carbons (Fsp3) is 0.615. The first-order valence-electron chi connectivity index (χ1n) is 6.43. The summed E-state index contributed by atoms with van der Waals surface area (Å²) in [5, 5.41) is 9.05. The average Bonchev–Trinajstić information content (AvgIpc) is 3.08. The van der Waals surface area contributed by atoms with Crippen molar-refractivity contribution in [2.24, 2.45) is 0 Å². The molecule has 0 aliphatic heterocycles. The van der Waals surface area contributed by atoms with Gasteiger partial charge in [0.05, 0.1) is 12.3 Å². The van der Waals surface area contributed by atoms with Crippen molar-refractivity contribution in [1.29, 1.82) is 0 Å². The number of aliphatic hydroxyl groups excluding tert-OH is 1. The smallest absolute Gasteiger partial charge is 0.270 e. The summed E-state index contributed by atoms with van der Waals surface area (Å²) in [6, 6.07) is 2.21. The van der Waals surface area contributed by atoms with Gasteiger partial charge in [0, 0.05) is 24.8 Å². The summed E-state index contributed by atoms with van der Waals surface area (Å²) in [5.74, 6) is -0.0531. The van der Waals surface area contributed by atoms with Crippen molar-refractivity contribution in [3.05, 3.63) is 18.0 Å². The Bertz CT molecular complexity index is 435. The second-order valence-electron chi connectivity index (χ2n) is 5.11. The lowest BCUT2D eigenvalue weighted by molar-refractivity contribution is 0.0654. The second kappa shape index (κ2) is 5.02. The lowest BCUT2D eigenvalue weighted by atomic mass is 10.2. The monoisotopic (exact) mass is 251 g/mol. The highest BCUT2D eigenvalue weighted by molar-refractivity contribution is 5.94. The summed E-state index contributed by atoms with van der Waals surface area (Å²) in [6.45, 7) is 4.22. The molecule has 1 fully saturated rings. The van der Waals surface area contributed by atoms with Crippen molar-refractivity contribution < 1.29 is 9.90 Å². The number of aromatic nitrogens is 1. The van der Waals surface area contributed by atoms with Gasteiger partial charge >= 0.3 is 0 Å². The minimum Gasteiger partial charge on any atom is -0.397 e. The molecule has 100 valence electrons. The quantitative estimate of drug-likeness (QED) is 0.827. The molecule has 1 saturated carbocycles. The normalized spacial score (nSPS) is 15.1. The fourth-order valence-electron chi connectivity index (χ4n) is 2.18. The van der Waals surface area contributed by atoms with Crippen LogP contribution in [0.5, 0.6) is 0 Å². The summed E-state index contributed by atoms with van der Waals surface area (Å²) in [7, 11) is 0. The van der Waals surface area contributed by atoms with E-state index in [-0.39, 0.29) is 18.6 Å². The van der Waals surface area contributed by atoms with E-state index in [2.05, 4.69) is 0 Å². The van der Waals surface area contributed by atoms with Crippen molar-refractivity contribution >= 4 is 11.6 Å². The van der Waals surface area contributed by atoms with Gasteiger partial charge in [0.15, 0.2) is 0 Å². The molecule has 0 spiro atoms. The molecule has 0 atom stereocenters. The zero-order chi connectivity index (χ0) is 13.3. The molecule has 2 rings (SSSR count). The molecule has 5 nitrogen and oxygen atoms in total. The van der Waals surface area contributed by atoms with Crippen LogP contribution in [0.3, 0.4) is 0 Å². The van der Waals surface area contributed by atoms with E-state index in [1.165, 1.54) is 0 Å². The summed E-state index contributed by atoms with van der Waals surface area (Å²) in [4.78, 5) is 14.2. The van der Waals surface area contributed by atoms with E-state index in [1.807, 2.05) is 24.6 Å². The average molecular weight is 251 g/mol. The Morgan fingerprint density at radius 3 is 2.78 bits per heavy atom. The number of hydrogen-bond donors (Lipinski definition) is 2. The van der Waals surface area contributed by atoms with Crippen molar-refractivity contribution in [2.75, 3.05) is 18.9 Å². The summed E-state index contributed by atoms with van der Waals surface area (Å²) >= 11 is 0. The maximum atomic E-state index is 12.5. The van der Waals surface area contributed by atoms with Crippen molar-refractivity contribution in [3.63, 3.8) is 0 Å². The van der Waals surface area contributed by atoms with E-state index in [9.17, 15) is 4.79 Å². The highest BCUT2D eigenvalue weighted by atomic mass is 16.3. The maximum absolute atomic E-state index is 12.5. The van der Waals surface area contributed by atoms with E-state index >= 15 is 0 Å². The molecule has 18 heavy (non-hydrogen) atoms. The number of nitrogens with two attached hydrogens (primary N) is 1. The molecule has 0 aromatic carbocycles. The van der Waals surface area contributed by atoms with Crippen molar-refractivity contribution in [2.45, 2.75) is 38.8 Å². The molecular formula is C13H21N3O2. The van der Waals surface area contributed by atoms with Gasteiger partial charge in [0.2, 0.25) is 0 Å². The molecule has 0 radical (unpaired) electrons. The molecule has 1 aromatic rings. The predicted octanol–water partition coefficient (Wildman–Crippen LogP) is 1.25. The van der Waals surface area contributed by atoms with Gasteiger partial charge in [0.1, 0.15) is 5.69 Å². The third-order valence-corrected chi connectivity index (χ3v) is 3.25. The first-order chi connectivity index (χ1) is 8.54. The van der Waals surface area contributed by atoms with Crippen LogP contribution in [0.2, 0.25) is 0 Å². The molecule has 1 aliphatic carbocycles. The number of anilines is 1. The highest BCUT2D eigenvalue weighted by Gasteiger charge is 2.30. The van der Waals surface area contributed by atoms with E-state index in [1.54, 1.807) is 11.0 Å². The van der Waals surface area contributed by atoms with Gasteiger partial charge < -0.3 is 20.3 Å². The molecule has 3 N–H and O–H groups in total. The zero-order valence-electron chi connectivity index (χ0n) is 11.0. The Labute approximate surface area is 107 Å². The summed E-state index contributed by atoms with van der Waals surface area (Å²) in [6.07, 6.45) is 4.05. The molecule has 0 saturated heterocycles. The maximum Gasteiger partial charge on any atom is 0.270 e. The molecule has 1 aromatic heterocycles. The first-order valence-corrected chi connectivity index (χ1v) is 6.43. The van der Waals surface area contributed by atoms with Gasteiger partial charge in [-0.3, -0.25) is 4.79 Å². The number of rotatable bonds is 5. The Hall–Kier alpha value is -1.49. The molecule has 1 aliphatic rings. The molecule has 0 bridgehead atoms. The van der Waals surface area contributed by atoms with E-state index < -0.39 is 0 Å². The molecule has 1 amide bonds. The lowest BCUT2D eigenvalue weighted by Gasteiger charge is -2.26. The molecule has 0 unspecified atom stereocenters. The number of hydrogen-bond acceptors (Lipinski definition) is 3. The van der Waals surface area contributed by atoms with Crippen molar-refractivity contribution in [3.8, 4) is 0 Å². The largest absolute Gasteiger partial charge is 0.397 e. The number of aliphatic hydroxyl groups is 1. The number of nitrogens with zero attached hydrogens (tertiary/aromatic N) is 2. The van der Waals surface area contributed by atoms with Gasteiger partial charge in [-0.2, -0.15) is 0 Å². The minimum atomic E-state index is -0.0531. The lowest BCUT2D eigenvalue weighted by Crippen LogP contribution is -2.39. The second-order valence-corrected chi connectivity index (χ2v) is 5.11. The Morgan fingerprint density at radius 2 is 2.28 bits per heavy atom. The third kappa shape index (κ3) is 2.51. The van der Waals surface area contributed by atoms with E-state index in [4.69, 9.17) is 10.8 Å². The van der Waals surface area contributed by atoms with E-state index in [0.717, 1.165) is 12.8 Å². The van der Waals surface area contributed by atoms with Crippen LogP contribution in [0.4, 0.5) is 5.69 Å². The van der Waals surface area contributed by atoms with Gasteiger partial charge in [-0.15, -0.1) is 0 Å². The minimum absolute atomic E-state index is 0.0243. The summed E-state index contributed by atoms with van der Waals surface area (Å²) < 4.78 is 1.98. The fourth-order valence-corrected chi connectivity index (χ4v) is 2.18. The number of nitrogen functional groups attached to an aromatic ring is 1. The molecule has 1 heterocycles. The topological polar surface area (TPSA) is 71.5 Å². The van der Waals surface area contributed by atoms with Crippen LogP contribution >= 0.6 is 0 Å². The van der Waals surface area contributed by atoms with E-state index in [0.29, 0.717) is 24.0 Å². The third-order valence-electron chi connectivity index (χ3n) is 3.25. The predicted molar refractivity (Wildman–Crippen MR) is 70.4 cm³/mol. The van der Waals surface area contributed by atoms with Gasteiger partial charge in [-0.1, -0.05) is 0 Å². The van der Waals surface area contributed by atoms with Crippen LogP contribution in [0.15, 0.2) is 12.3 Å². The number of carbonyl (C=O) groups excluding carboxylic acids is 1. The standard InChI is InChI=1S/C13H21N3O2/c1-9(2)15(5-6-17)13(18)12-7-10(14)8-16(12)11-3-4-11/h7-9,11,17H,3-6,14H2,1-2H3. The zero-order valence-corrected chi connectivity index (χ0v) is 11.0.